The number of benzene rings is 1. The summed E-state index contributed by atoms with van der Waals surface area (Å²) < 4.78 is 5.73. The molecular formula is C27H40O2. The zero-order valence-corrected chi connectivity index (χ0v) is 18.6. The van der Waals surface area contributed by atoms with Crippen LogP contribution in [0.25, 0.3) is 5.57 Å². The molecule has 1 saturated carbocycles. The van der Waals surface area contributed by atoms with Gasteiger partial charge in [-0.25, -0.2) is 4.79 Å². The molecule has 0 heterocycles. The second-order valence-corrected chi connectivity index (χ2v) is 9.44. The molecule has 1 unspecified atom stereocenters. The van der Waals surface area contributed by atoms with Gasteiger partial charge in [-0.15, -0.1) is 0 Å². The Morgan fingerprint density at radius 1 is 0.966 bits per heavy atom. The van der Waals surface area contributed by atoms with E-state index in [1.807, 2.05) is 12.1 Å². The maximum atomic E-state index is 12.5. The van der Waals surface area contributed by atoms with Crippen molar-refractivity contribution in [1.29, 1.82) is 0 Å². The molecule has 0 spiro atoms. The van der Waals surface area contributed by atoms with Crippen molar-refractivity contribution in [1.82, 2.24) is 0 Å². The Morgan fingerprint density at radius 2 is 1.69 bits per heavy atom. The molecule has 1 fully saturated rings. The molecule has 1 aromatic rings. The van der Waals surface area contributed by atoms with Gasteiger partial charge in [0.2, 0.25) is 0 Å². The molecule has 2 aliphatic carbocycles. The van der Waals surface area contributed by atoms with Crippen LogP contribution in [0.2, 0.25) is 0 Å². The molecule has 0 saturated heterocycles. The number of esters is 1. The fourth-order valence-electron chi connectivity index (χ4n) is 4.84. The van der Waals surface area contributed by atoms with Crippen LogP contribution < -0.4 is 0 Å². The van der Waals surface area contributed by atoms with Gasteiger partial charge in [0, 0.05) is 0 Å². The van der Waals surface area contributed by atoms with E-state index in [4.69, 9.17) is 4.74 Å². The van der Waals surface area contributed by atoms with Crippen LogP contribution in [0.5, 0.6) is 0 Å². The standard InChI is InChI=1S/C27H40O2/c1-3-4-5-6-7-8-22-11-13-23(14-12-22)24-15-17-25(18-16-24)27(28)29-26-19-9-21(2)10-20-26/h13,15-18,21-22,26H,3-12,14,19-20H2,1-2H3/t21-,22?,26-. The van der Waals surface area contributed by atoms with Crippen molar-refractivity contribution in [3.63, 3.8) is 0 Å². The van der Waals surface area contributed by atoms with Crippen molar-refractivity contribution in [3.05, 3.63) is 41.5 Å². The number of ether oxygens (including phenoxy) is 1. The summed E-state index contributed by atoms with van der Waals surface area (Å²) in [7, 11) is 0. The largest absolute Gasteiger partial charge is 0.459 e. The van der Waals surface area contributed by atoms with E-state index < -0.39 is 0 Å². The fraction of sp³-hybridized carbons (Fsp3) is 0.667. The summed E-state index contributed by atoms with van der Waals surface area (Å²) >= 11 is 0. The lowest BCUT2D eigenvalue weighted by Crippen LogP contribution is -2.23. The van der Waals surface area contributed by atoms with E-state index in [2.05, 4.69) is 32.1 Å². The van der Waals surface area contributed by atoms with Gasteiger partial charge in [-0.1, -0.05) is 70.6 Å². The first-order valence-corrected chi connectivity index (χ1v) is 12.2. The first kappa shape index (κ1) is 22.1. The van der Waals surface area contributed by atoms with Gasteiger partial charge in [-0.05, 0) is 80.1 Å². The summed E-state index contributed by atoms with van der Waals surface area (Å²) in [5.74, 6) is 1.48. The third-order valence-corrected chi connectivity index (χ3v) is 6.96. The van der Waals surface area contributed by atoms with Gasteiger partial charge in [0.15, 0.2) is 0 Å². The Kier molecular flexibility index (Phi) is 8.83. The predicted molar refractivity (Wildman–Crippen MR) is 122 cm³/mol. The summed E-state index contributed by atoms with van der Waals surface area (Å²) in [6, 6.07) is 8.11. The summed E-state index contributed by atoms with van der Waals surface area (Å²) in [4.78, 5) is 12.5. The lowest BCUT2D eigenvalue weighted by molar-refractivity contribution is 0.0174. The second-order valence-electron chi connectivity index (χ2n) is 9.44. The van der Waals surface area contributed by atoms with Crippen LogP contribution in [0.3, 0.4) is 0 Å². The quantitative estimate of drug-likeness (QED) is 0.312. The van der Waals surface area contributed by atoms with Crippen molar-refractivity contribution >= 4 is 11.5 Å². The maximum absolute atomic E-state index is 12.5. The molecular weight excluding hydrogens is 356 g/mol. The summed E-state index contributed by atoms with van der Waals surface area (Å²) in [6.07, 6.45) is 18.9. The SMILES string of the molecule is CCCCCCCC1CC=C(c2ccc(C(=O)O[C@H]3CC[C@H](C)CC3)cc2)CC1. The van der Waals surface area contributed by atoms with Gasteiger partial charge in [-0.2, -0.15) is 0 Å². The minimum absolute atomic E-state index is 0.110. The van der Waals surface area contributed by atoms with Crippen molar-refractivity contribution in [2.75, 3.05) is 0 Å². The first-order chi connectivity index (χ1) is 14.2. The number of rotatable bonds is 9. The van der Waals surface area contributed by atoms with Crippen molar-refractivity contribution < 1.29 is 9.53 Å². The van der Waals surface area contributed by atoms with Gasteiger partial charge in [0.25, 0.3) is 0 Å². The monoisotopic (exact) mass is 396 g/mol. The molecule has 1 aromatic carbocycles. The molecule has 2 nitrogen and oxygen atoms in total. The smallest absolute Gasteiger partial charge is 0.338 e. The first-order valence-electron chi connectivity index (χ1n) is 12.2. The second kappa shape index (κ2) is 11.6. The van der Waals surface area contributed by atoms with E-state index in [1.54, 1.807) is 0 Å². The number of carbonyl (C=O) groups excluding carboxylic acids is 1. The molecule has 29 heavy (non-hydrogen) atoms. The normalized spacial score (nSPS) is 24.8. The molecule has 0 aromatic heterocycles. The lowest BCUT2D eigenvalue weighted by Gasteiger charge is -2.26. The molecule has 0 radical (unpaired) electrons. The average Bonchev–Trinajstić information content (AvgIpc) is 2.76. The number of allylic oxidation sites excluding steroid dienone is 2. The predicted octanol–water partition coefficient (Wildman–Crippen LogP) is 7.97. The molecule has 0 amide bonds. The minimum atomic E-state index is -0.156. The van der Waals surface area contributed by atoms with Crippen LogP contribution in [0.1, 0.15) is 113 Å². The van der Waals surface area contributed by atoms with Crippen LogP contribution in [0.15, 0.2) is 30.3 Å². The van der Waals surface area contributed by atoms with Gasteiger partial charge in [-0.3, -0.25) is 0 Å². The van der Waals surface area contributed by atoms with Gasteiger partial charge in [0.1, 0.15) is 6.10 Å². The van der Waals surface area contributed by atoms with Crippen LogP contribution in [-0.2, 0) is 4.74 Å². The van der Waals surface area contributed by atoms with E-state index in [9.17, 15) is 4.79 Å². The van der Waals surface area contributed by atoms with Gasteiger partial charge < -0.3 is 4.74 Å². The molecule has 0 bridgehead atoms. The number of hydrogen-bond donors (Lipinski definition) is 0. The van der Waals surface area contributed by atoms with E-state index in [-0.39, 0.29) is 12.1 Å². The Balaban J connectivity index is 1.44. The Hall–Kier alpha value is -1.57. The van der Waals surface area contributed by atoms with Gasteiger partial charge in [0.05, 0.1) is 5.56 Å². The topological polar surface area (TPSA) is 26.3 Å². The molecule has 3 rings (SSSR count). The maximum Gasteiger partial charge on any atom is 0.338 e. The summed E-state index contributed by atoms with van der Waals surface area (Å²) in [6.45, 7) is 4.56. The van der Waals surface area contributed by atoms with Crippen LogP contribution >= 0.6 is 0 Å². The Bertz CT molecular complexity index is 650. The van der Waals surface area contributed by atoms with E-state index in [0.717, 1.165) is 24.7 Å². The highest BCUT2D eigenvalue weighted by atomic mass is 16.5. The third kappa shape index (κ3) is 7.01. The third-order valence-electron chi connectivity index (χ3n) is 6.96. The zero-order chi connectivity index (χ0) is 20.5. The molecule has 2 aliphatic rings. The van der Waals surface area contributed by atoms with Gasteiger partial charge >= 0.3 is 5.97 Å². The van der Waals surface area contributed by atoms with Crippen molar-refractivity contribution in [2.45, 2.75) is 103 Å². The molecule has 1 atom stereocenters. The molecule has 2 heteroatoms. The summed E-state index contributed by atoms with van der Waals surface area (Å²) in [5, 5.41) is 0. The minimum Gasteiger partial charge on any atom is -0.459 e. The molecule has 0 N–H and O–H groups in total. The highest BCUT2D eigenvalue weighted by Crippen LogP contribution is 2.33. The van der Waals surface area contributed by atoms with E-state index >= 15 is 0 Å². The lowest BCUT2D eigenvalue weighted by atomic mass is 9.83. The highest BCUT2D eigenvalue weighted by molar-refractivity contribution is 5.90. The van der Waals surface area contributed by atoms with Crippen molar-refractivity contribution in [3.8, 4) is 0 Å². The molecule has 160 valence electrons. The van der Waals surface area contributed by atoms with Crippen LogP contribution in [-0.4, -0.2) is 12.1 Å². The number of hydrogen-bond acceptors (Lipinski definition) is 2. The highest BCUT2D eigenvalue weighted by Gasteiger charge is 2.22. The average molecular weight is 397 g/mol. The number of carbonyl (C=O) groups is 1. The van der Waals surface area contributed by atoms with Crippen LogP contribution in [0, 0.1) is 11.8 Å². The van der Waals surface area contributed by atoms with Crippen molar-refractivity contribution in [2.24, 2.45) is 11.8 Å². The Morgan fingerprint density at radius 3 is 2.34 bits per heavy atom. The molecule has 0 aliphatic heterocycles. The van der Waals surface area contributed by atoms with E-state index in [0.29, 0.717) is 5.56 Å². The summed E-state index contributed by atoms with van der Waals surface area (Å²) in [5.41, 5.74) is 3.41. The van der Waals surface area contributed by atoms with Crippen LogP contribution in [0.4, 0.5) is 0 Å². The fourth-order valence-corrected chi connectivity index (χ4v) is 4.84. The number of unbranched alkanes of at least 4 members (excludes halogenated alkanes) is 4. The van der Waals surface area contributed by atoms with E-state index in [1.165, 1.54) is 81.8 Å². The Labute approximate surface area is 178 Å². The zero-order valence-electron chi connectivity index (χ0n) is 18.6.